The van der Waals surface area contributed by atoms with Crippen LogP contribution in [-0.2, 0) is 19.3 Å². The van der Waals surface area contributed by atoms with E-state index < -0.39 is 0 Å². The Balaban J connectivity index is 1.80. The predicted molar refractivity (Wildman–Crippen MR) is 127 cm³/mol. The van der Waals surface area contributed by atoms with Crippen molar-refractivity contribution in [2.45, 2.75) is 57.0 Å². The molecule has 0 radical (unpaired) electrons. The molecule has 0 aliphatic heterocycles. The molecule has 0 unspecified atom stereocenters. The van der Waals surface area contributed by atoms with E-state index in [-0.39, 0.29) is 0 Å². The zero-order valence-corrected chi connectivity index (χ0v) is 19.6. The van der Waals surface area contributed by atoms with E-state index in [1.807, 2.05) is 0 Å². The van der Waals surface area contributed by atoms with Crippen LogP contribution in [0.1, 0.15) is 49.4 Å². The molecular weight excluding hydrogens is 398 g/mol. The van der Waals surface area contributed by atoms with E-state index in [2.05, 4.69) is 37.5 Å². The summed E-state index contributed by atoms with van der Waals surface area (Å²) in [6.07, 6.45) is 10.2. The molecular formula is C22H31N5S2. The fourth-order valence-corrected chi connectivity index (χ4v) is 5.68. The second-order valence-electron chi connectivity index (χ2n) is 8.08. The fourth-order valence-electron chi connectivity index (χ4n) is 4.19. The summed E-state index contributed by atoms with van der Waals surface area (Å²) in [5, 5.41) is 5.73. The Bertz CT molecular complexity index is 1010. The van der Waals surface area contributed by atoms with Gasteiger partial charge in [0.2, 0.25) is 0 Å². The largest absolute Gasteiger partial charge is 0.369 e. The first kappa shape index (κ1) is 20.8. The summed E-state index contributed by atoms with van der Waals surface area (Å²) in [7, 11) is 4.23. The van der Waals surface area contributed by atoms with Crippen molar-refractivity contribution in [1.82, 2.24) is 19.9 Å². The van der Waals surface area contributed by atoms with Gasteiger partial charge in [-0.2, -0.15) is 0 Å². The normalized spacial score (nSPS) is 13.7. The first-order valence-electron chi connectivity index (χ1n) is 10.7. The third-order valence-electron chi connectivity index (χ3n) is 5.62. The number of unbranched alkanes of at least 4 members (excludes halogenated alkanes) is 1. The Kier molecular flexibility index (Phi) is 6.56. The Morgan fingerprint density at radius 1 is 1.10 bits per heavy atom. The minimum atomic E-state index is 0.842. The number of aryl methyl sites for hydroxylation is 2. The van der Waals surface area contributed by atoms with Gasteiger partial charge in [-0.15, -0.1) is 11.3 Å². The van der Waals surface area contributed by atoms with Crippen LogP contribution in [-0.4, -0.2) is 53.3 Å². The first-order valence-corrected chi connectivity index (χ1v) is 12.7. The molecule has 0 saturated carbocycles. The van der Waals surface area contributed by atoms with Crippen molar-refractivity contribution in [3.8, 4) is 0 Å². The standard InChI is InChI=1S/C22H31N5S2/c1-5-6-11-16-14-9-7-10-15(14)17-18-19(29-21(17)24-16)20(26-22(25-18)28-4)23-12-8-13-27(2)3/h5-13H2,1-4H3,(H,23,25,26). The molecule has 156 valence electrons. The van der Waals surface area contributed by atoms with Crippen LogP contribution in [0.3, 0.4) is 0 Å². The van der Waals surface area contributed by atoms with Crippen LogP contribution in [0.2, 0.25) is 0 Å². The lowest BCUT2D eigenvalue weighted by Gasteiger charge is -2.11. The van der Waals surface area contributed by atoms with E-state index >= 15 is 0 Å². The number of pyridine rings is 1. The fraction of sp³-hybridized carbons (Fsp3) is 0.591. The van der Waals surface area contributed by atoms with Gasteiger partial charge in [-0.1, -0.05) is 25.1 Å². The van der Waals surface area contributed by atoms with Crippen molar-refractivity contribution in [2.24, 2.45) is 0 Å². The van der Waals surface area contributed by atoms with E-state index in [0.717, 1.165) is 58.4 Å². The predicted octanol–water partition coefficient (Wildman–Crippen LogP) is 5.16. The van der Waals surface area contributed by atoms with Crippen molar-refractivity contribution < 1.29 is 0 Å². The van der Waals surface area contributed by atoms with Crippen molar-refractivity contribution in [2.75, 3.05) is 38.8 Å². The molecule has 1 aliphatic carbocycles. The number of rotatable bonds is 9. The zero-order chi connectivity index (χ0) is 20.4. The Morgan fingerprint density at radius 2 is 1.93 bits per heavy atom. The third-order valence-corrected chi connectivity index (χ3v) is 7.25. The lowest BCUT2D eigenvalue weighted by molar-refractivity contribution is 0.405. The first-order chi connectivity index (χ1) is 14.1. The topological polar surface area (TPSA) is 53.9 Å². The molecule has 0 aromatic carbocycles. The second kappa shape index (κ2) is 9.14. The number of thiophene rings is 1. The number of aromatic nitrogens is 3. The molecule has 0 amide bonds. The maximum atomic E-state index is 5.15. The summed E-state index contributed by atoms with van der Waals surface area (Å²) in [6, 6.07) is 0. The lowest BCUT2D eigenvalue weighted by atomic mass is 10.0. The highest BCUT2D eigenvalue weighted by Crippen LogP contribution is 2.42. The minimum Gasteiger partial charge on any atom is -0.369 e. The van der Waals surface area contributed by atoms with Gasteiger partial charge in [0.1, 0.15) is 10.6 Å². The number of fused-ring (bicyclic) bond motifs is 5. The van der Waals surface area contributed by atoms with E-state index in [1.54, 1.807) is 23.1 Å². The summed E-state index contributed by atoms with van der Waals surface area (Å²) in [5.41, 5.74) is 5.45. The Morgan fingerprint density at radius 3 is 2.69 bits per heavy atom. The molecule has 0 atom stereocenters. The summed E-state index contributed by atoms with van der Waals surface area (Å²) in [6.45, 7) is 4.24. The smallest absolute Gasteiger partial charge is 0.189 e. The van der Waals surface area contributed by atoms with Gasteiger partial charge < -0.3 is 10.2 Å². The van der Waals surface area contributed by atoms with Gasteiger partial charge in [0.25, 0.3) is 0 Å². The van der Waals surface area contributed by atoms with E-state index in [1.165, 1.54) is 47.9 Å². The Labute approximate surface area is 181 Å². The highest BCUT2D eigenvalue weighted by Gasteiger charge is 2.24. The molecule has 1 aliphatic rings. The summed E-state index contributed by atoms with van der Waals surface area (Å²) < 4.78 is 1.16. The van der Waals surface area contributed by atoms with Gasteiger partial charge in [0, 0.05) is 17.6 Å². The number of nitrogens with one attached hydrogen (secondary N) is 1. The van der Waals surface area contributed by atoms with Gasteiger partial charge in [-0.05, 0) is 76.5 Å². The molecule has 0 saturated heterocycles. The van der Waals surface area contributed by atoms with Crippen LogP contribution < -0.4 is 5.32 Å². The summed E-state index contributed by atoms with van der Waals surface area (Å²) in [4.78, 5) is 18.3. The highest BCUT2D eigenvalue weighted by atomic mass is 32.2. The number of anilines is 1. The van der Waals surface area contributed by atoms with Crippen LogP contribution in [0, 0.1) is 0 Å². The molecule has 29 heavy (non-hydrogen) atoms. The number of hydrogen-bond acceptors (Lipinski definition) is 7. The maximum absolute atomic E-state index is 5.15. The summed E-state index contributed by atoms with van der Waals surface area (Å²) >= 11 is 3.38. The molecule has 0 fully saturated rings. The SMILES string of the molecule is CCCCc1nc2sc3c(NCCCN(C)C)nc(SC)nc3c2c2c1CCC2. The molecule has 4 rings (SSSR count). The van der Waals surface area contributed by atoms with Crippen LogP contribution >= 0.6 is 23.1 Å². The second-order valence-corrected chi connectivity index (χ2v) is 9.85. The summed E-state index contributed by atoms with van der Waals surface area (Å²) in [5.74, 6) is 0.975. The van der Waals surface area contributed by atoms with Crippen molar-refractivity contribution >= 4 is 49.3 Å². The molecule has 7 heteroatoms. The average molecular weight is 430 g/mol. The van der Waals surface area contributed by atoms with E-state index in [0.29, 0.717) is 0 Å². The quantitative estimate of drug-likeness (QED) is 0.288. The lowest BCUT2D eigenvalue weighted by Crippen LogP contribution is -2.16. The molecule has 3 aromatic heterocycles. The van der Waals surface area contributed by atoms with Crippen LogP contribution in [0.4, 0.5) is 5.82 Å². The van der Waals surface area contributed by atoms with E-state index in [4.69, 9.17) is 15.0 Å². The number of hydrogen-bond donors (Lipinski definition) is 1. The maximum Gasteiger partial charge on any atom is 0.189 e. The third kappa shape index (κ3) is 4.23. The highest BCUT2D eigenvalue weighted by molar-refractivity contribution is 7.98. The van der Waals surface area contributed by atoms with Gasteiger partial charge >= 0.3 is 0 Å². The number of thioether (sulfide) groups is 1. The van der Waals surface area contributed by atoms with Crippen molar-refractivity contribution in [3.63, 3.8) is 0 Å². The zero-order valence-electron chi connectivity index (χ0n) is 18.0. The monoisotopic (exact) mass is 429 g/mol. The minimum absolute atomic E-state index is 0.842. The van der Waals surface area contributed by atoms with Gasteiger partial charge in [0.05, 0.1) is 10.2 Å². The van der Waals surface area contributed by atoms with Gasteiger partial charge in [-0.3, -0.25) is 0 Å². The van der Waals surface area contributed by atoms with Crippen molar-refractivity contribution in [1.29, 1.82) is 0 Å². The van der Waals surface area contributed by atoms with Crippen LogP contribution in [0.5, 0.6) is 0 Å². The van der Waals surface area contributed by atoms with Gasteiger partial charge in [-0.25, -0.2) is 15.0 Å². The van der Waals surface area contributed by atoms with Gasteiger partial charge in [0.15, 0.2) is 5.16 Å². The van der Waals surface area contributed by atoms with Crippen LogP contribution in [0.25, 0.3) is 20.4 Å². The molecule has 1 N–H and O–H groups in total. The molecule has 3 heterocycles. The molecule has 5 nitrogen and oxygen atoms in total. The Hall–Kier alpha value is -1.44. The van der Waals surface area contributed by atoms with Crippen molar-refractivity contribution in [3.05, 3.63) is 16.8 Å². The molecule has 3 aromatic rings. The average Bonchev–Trinajstić information content (AvgIpc) is 3.33. The molecule has 0 spiro atoms. The van der Waals surface area contributed by atoms with E-state index in [9.17, 15) is 0 Å². The number of nitrogens with zero attached hydrogens (tertiary/aromatic N) is 4. The molecule has 0 bridgehead atoms. The van der Waals surface area contributed by atoms with Crippen LogP contribution in [0.15, 0.2) is 5.16 Å².